The van der Waals surface area contributed by atoms with Crippen molar-refractivity contribution in [3.05, 3.63) is 89.3 Å². The minimum absolute atomic E-state index is 0.135. The van der Waals surface area contributed by atoms with E-state index in [4.69, 9.17) is 0 Å². The van der Waals surface area contributed by atoms with Crippen LogP contribution in [0.15, 0.2) is 73.3 Å². The number of amides is 1. The molecule has 0 aliphatic carbocycles. The third-order valence-corrected chi connectivity index (χ3v) is 5.27. The Labute approximate surface area is 162 Å². The van der Waals surface area contributed by atoms with Gasteiger partial charge >= 0.3 is 5.97 Å². The summed E-state index contributed by atoms with van der Waals surface area (Å²) in [6.07, 6.45) is 1.59. The fraction of sp³-hybridized carbons (Fsp3) is 0.0909. The number of rotatable bonds is 6. The first-order valence-electron chi connectivity index (χ1n) is 8.43. The average Bonchev–Trinajstić information content (AvgIpc) is 3.12. The predicted molar refractivity (Wildman–Crippen MR) is 110 cm³/mol. The Morgan fingerprint density at radius 1 is 1.11 bits per heavy atom. The van der Waals surface area contributed by atoms with Crippen LogP contribution in [0, 0.1) is 6.92 Å². The van der Waals surface area contributed by atoms with Crippen molar-refractivity contribution in [3.63, 3.8) is 0 Å². The quantitative estimate of drug-likeness (QED) is 0.597. The van der Waals surface area contributed by atoms with Gasteiger partial charge in [0, 0.05) is 17.0 Å². The Kier molecular flexibility index (Phi) is 5.52. The summed E-state index contributed by atoms with van der Waals surface area (Å²) in [6.45, 7) is 5.89. The van der Waals surface area contributed by atoms with Gasteiger partial charge in [-0.2, -0.15) is 0 Å². The van der Waals surface area contributed by atoms with Gasteiger partial charge in [-0.05, 0) is 30.7 Å². The molecule has 0 aliphatic rings. The highest BCUT2D eigenvalue weighted by atomic mass is 32.1. The van der Waals surface area contributed by atoms with Gasteiger partial charge in [0.05, 0.1) is 5.69 Å². The third-order valence-electron chi connectivity index (χ3n) is 4.11. The molecule has 4 nitrogen and oxygen atoms in total. The summed E-state index contributed by atoms with van der Waals surface area (Å²) < 4.78 is 0. The largest absolute Gasteiger partial charge is 0.477 e. The first kappa shape index (κ1) is 18.6. The number of hydrogen-bond acceptors (Lipinski definition) is 3. The normalized spacial score (nSPS) is 10.4. The Morgan fingerprint density at radius 2 is 1.78 bits per heavy atom. The lowest BCUT2D eigenvalue weighted by Crippen LogP contribution is -2.31. The van der Waals surface area contributed by atoms with Gasteiger partial charge in [0.25, 0.3) is 5.91 Å². The van der Waals surface area contributed by atoms with Gasteiger partial charge in [0.15, 0.2) is 0 Å². The summed E-state index contributed by atoms with van der Waals surface area (Å²) >= 11 is 1.16. The molecule has 1 N–H and O–H groups in total. The van der Waals surface area contributed by atoms with Crippen molar-refractivity contribution in [1.82, 2.24) is 0 Å². The molecule has 2 aromatic carbocycles. The number of aryl methyl sites for hydroxylation is 1. The van der Waals surface area contributed by atoms with Gasteiger partial charge in [-0.3, -0.25) is 4.79 Å². The van der Waals surface area contributed by atoms with Crippen LogP contribution in [0.3, 0.4) is 0 Å². The van der Waals surface area contributed by atoms with E-state index in [1.807, 2.05) is 49.4 Å². The number of nitrogens with zero attached hydrogens (tertiary/aromatic N) is 1. The molecule has 1 aromatic heterocycles. The van der Waals surface area contributed by atoms with Crippen LogP contribution in [-0.2, 0) is 0 Å². The summed E-state index contributed by atoms with van der Waals surface area (Å²) in [6, 6.07) is 18.5. The van der Waals surface area contributed by atoms with E-state index in [9.17, 15) is 14.7 Å². The molecule has 1 amide bonds. The lowest BCUT2D eigenvalue weighted by molar-refractivity contribution is 0.0703. The number of thiophene rings is 1. The van der Waals surface area contributed by atoms with Crippen molar-refractivity contribution in [1.29, 1.82) is 0 Å². The predicted octanol–water partition coefficient (Wildman–Crippen LogP) is 5.25. The zero-order valence-corrected chi connectivity index (χ0v) is 15.7. The minimum Gasteiger partial charge on any atom is -0.477 e. The zero-order valence-electron chi connectivity index (χ0n) is 14.9. The van der Waals surface area contributed by atoms with E-state index < -0.39 is 5.97 Å². The summed E-state index contributed by atoms with van der Waals surface area (Å²) in [5, 5.41) is 9.68. The number of benzene rings is 2. The average molecular weight is 377 g/mol. The number of carbonyl (C=O) groups is 2. The molecule has 0 unspecified atom stereocenters. The van der Waals surface area contributed by atoms with Crippen LogP contribution in [0.5, 0.6) is 0 Å². The number of carboxylic acid groups (broad SMARTS) is 1. The number of anilines is 1. The molecule has 0 bridgehead atoms. The number of hydrogen-bond donors (Lipinski definition) is 1. The molecule has 1 heterocycles. The first-order chi connectivity index (χ1) is 13.0. The van der Waals surface area contributed by atoms with Crippen LogP contribution in [0.1, 0.15) is 25.6 Å². The van der Waals surface area contributed by atoms with E-state index in [0.717, 1.165) is 27.3 Å². The first-order valence-corrected chi connectivity index (χ1v) is 9.25. The van der Waals surface area contributed by atoms with Crippen LogP contribution in [0.4, 0.5) is 5.69 Å². The molecule has 5 heteroatoms. The van der Waals surface area contributed by atoms with E-state index in [-0.39, 0.29) is 17.3 Å². The molecule has 3 rings (SSSR count). The Hall–Kier alpha value is -3.18. The molecule has 27 heavy (non-hydrogen) atoms. The molecule has 0 radical (unpaired) electrons. The van der Waals surface area contributed by atoms with Crippen LogP contribution in [0.2, 0.25) is 0 Å². The maximum atomic E-state index is 13.1. The maximum Gasteiger partial charge on any atom is 0.348 e. The van der Waals surface area contributed by atoms with Crippen LogP contribution >= 0.6 is 11.3 Å². The Balaban J connectivity index is 2.08. The minimum atomic E-state index is -1.05. The van der Waals surface area contributed by atoms with Crippen molar-refractivity contribution >= 4 is 28.9 Å². The highest BCUT2D eigenvalue weighted by molar-refractivity contribution is 7.18. The van der Waals surface area contributed by atoms with Gasteiger partial charge in [0.2, 0.25) is 0 Å². The van der Waals surface area contributed by atoms with Gasteiger partial charge in [-0.15, -0.1) is 17.9 Å². The van der Waals surface area contributed by atoms with Crippen molar-refractivity contribution in [2.45, 2.75) is 6.92 Å². The molecule has 0 atom stereocenters. The monoisotopic (exact) mass is 377 g/mol. The van der Waals surface area contributed by atoms with Gasteiger partial charge in [-0.25, -0.2) is 4.79 Å². The molecule has 0 saturated heterocycles. The summed E-state index contributed by atoms with van der Waals surface area (Å²) in [4.78, 5) is 27.3. The summed E-state index contributed by atoms with van der Waals surface area (Å²) in [5.74, 6) is -1.31. The molecular formula is C22H19NO3S. The molecule has 0 fully saturated rings. The van der Waals surface area contributed by atoms with E-state index in [2.05, 4.69) is 6.58 Å². The number of carboxylic acids is 1. The fourth-order valence-corrected chi connectivity index (χ4v) is 3.76. The summed E-state index contributed by atoms with van der Waals surface area (Å²) in [7, 11) is 0. The highest BCUT2D eigenvalue weighted by Crippen LogP contribution is 2.37. The molecule has 0 saturated carbocycles. The van der Waals surface area contributed by atoms with E-state index >= 15 is 0 Å². The van der Waals surface area contributed by atoms with Crippen molar-refractivity contribution in [3.8, 4) is 10.4 Å². The second kappa shape index (κ2) is 8.01. The van der Waals surface area contributed by atoms with Crippen molar-refractivity contribution < 1.29 is 14.7 Å². The van der Waals surface area contributed by atoms with Gasteiger partial charge < -0.3 is 10.0 Å². The molecular weight excluding hydrogens is 358 g/mol. The number of carbonyl (C=O) groups excluding carboxylic acids is 1. The molecule has 0 aliphatic heterocycles. The smallest absolute Gasteiger partial charge is 0.348 e. The second-order valence-electron chi connectivity index (χ2n) is 6.07. The van der Waals surface area contributed by atoms with E-state index in [1.54, 1.807) is 24.3 Å². The second-order valence-corrected chi connectivity index (χ2v) is 7.12. The SMILES string of the molecule is C=CCN(C(=O)c1ccc(C)cc1)c1cc(-c2ccccc2)sc1C(=O)O. The van der Waals surface area contributed by atoms with Crippen molar-refractivity contribution in [2.24, 2.45) is 0 Å². The van der Waals surface area contributed by atoms with E-state index in [1.165, 1.54) is 4.90 Å². The Bertz CT molecular complexity index is 975. The van der Waals surface area contributed by atoms with E-state index in [0.29, 0.717) is 11.3 Å². The molecule has 0 spiro atoms. The highest BCUT2D eigenvalue weighted by Gasteiger charge is 2.25. The Morgan fingerprint density at radius 3 is 2.37 bits per heavy atom. The van der Waals surface area contributed by atoms with Crippen LogP contribution in [-0.4, -0.2) is 23.5 Å². The van der Waals surface area contributed by atoms with Crippen LogP contribution in [0.25, 0.3) is 10.4 Å². The van der Waals surface area contributed by atoms with Gasteiger partial charge in [-0.1, -0.05) is 54.1 Å². The molecule has 3 aromatic rings. The third kappa shape index (κ3) is 3.99. The lowest BCUT2D eigenvalue weighted by Gasteiger charge is -2.21. The standard InChI is InChI=1S/C22H19NO3S/c1-3-13-23(21(24)17-11-9-15(2)10-12-17)18-14-19(27-20(18)22(25)26)16-7-5-4-6-8-16/h3-12,14H,1,13H2,2H3,(H,25,26). The fourth-order valence-electron chi connectivity index (χ4n) is 2.75. The van der Waals surface area contributed by atoms with Crippen molar-refractivity contribution in [2.75, 3.05) is 11.4 Å². The summed E-state index contributed by atoms with van der Waals surface area (Å²) in [5.41, 5.74) is 2.86. The topological polar surface area (TPSA) is 57.6 Å². The lowest BCUT2D eigenvalue weighted by atomic mass is 10.1. The van der Waals surface area contributed by atoms with Crippen LogP contribution < -0.4 is 4.90 Å². The number of aromatic carboxylic acids is 1. The zero-order chi connectivity index (χ0) is 19.4. The maximum absolute atomic E-state index is 13.1. The van der Waals surface area contributed by atoms with Gasteiger partial charge in [0.1, 0.15) is 4.88 Å². The molecule has 136 valence electrons.